The van der Waals surface area contributed by atoms with E-state index in [1.807, 2.05) is 23.9 Å². The van der Waals surface area contributed by atoms with E-state index in [9.17, 15) is 0 Å². The van der Waals surface area contributed by atoms with Crippen molar-refractivity contribution in [1.29, 1.82) is 0 Å². The topological polar surface area (TPSA) is 42.7 Å². The van der Waals surface area contributed by atoms with Gasteiger partial charge in [0.05, 0.1) is 16.9 Å². The van der Waals surface area contributed by atoms with Gasteiger partial charge in [-0.2, -0.15) is 5.10 Å². The van der Waals surface area contributed by atoms with Crippen LogP contribution in [0, 0.1) is 13.8 Å². The van der Waals surface area contributed by atoms with Crippen LogP contribution in [-0.2, 0) is 5.41 Å². The summed E-state index contributed by atoms with van der Waals surface area (Å²) in [5, 5.41) is 5.83. The van der Waals surface area contributed by atoms with E-state index >= 15 is 0 Å². The minimum absolute atomic E-state index is 0.159. The Morgan fingerprint density at radius 3 is 2.45 bits per heavy atom. The van der Waals surface area contributed by atoms with Crippen molar-refractivity contribution >= 4 is 28.7 Å². The molecule has 4 aromatic rings. The van der Waals surface area contributed by atoms with Gasteiger partial charge in [0.2, 0.25) is 0 Å². The number of aromatic nitrogens is 3. The Balaban J connectivity index is 1.65. The van der Waals surface area contributed by atoms with E-state index in [1.54, 1.807) is 11.9 Å². The fraction of sp³-hybridized carbons (Fsp3) is 0.250. The summed E-state index contributed by atoms with van der Waals surface area (Å²) in [6.07, 6.45) is 1.83. The quantitative estimate of drug-likeness (QED) is 0.398. The minimum atomic E-state index is 0.159. The molecular weight excluding hydrogens is 376 g/mol. The fourth-order valence-electron chi connectivity index (χ4n) is 3.37. The van der Waals surface area contributed by atoms with Gasteiger partial charge < -0.3 is 4.72 Å². The van der Waals surface area contributed by atoms with Crippen molar-refractivity contribution in [2.24, 2.45) is 0 Å². The summed E-state index contributed by atoms with van der Waals surface area (Å²) >= 11 is 1.60. The SMILES string of the molecule is Cc1cc(-n2nc(C)cc2NSc2ccc(C(C)(C)C)cc2)c2cccnc2c1. The Kier molecular flexibility index (Phi) is 5.09. The van der Waals surface area contributed by atoms with E-state index in [2.05, 4.69) is 85.9 Å². The Morgan fingerprint density at radius 1 is 0.966 bits per heavy atom. The molecule has 0 aliphatic carbocycles. The zero-order valence-corrected chi connectivity index (χ0v) is 18.3. The molecule has 0 saturated heterocycles. The van der Waals surface area contributed by atoms with E-state index in [1.165, 1.54) is 10.5 Å². The molecule has 0 unspecified atom stereocenters. The van der Waals surface area contributed by atoms with Crippen LogP contribution in [0.5, 0.6) is 0 Å². The van der Waals surface area contributed by atoms with Gasteiger partial charge >= 0.3 is 0 Å². The first-order chi connectivity index (χ1) is 13.8. The largest absolute Gasteiger partial charge is 0.310 e. The van der Waals surface area contributed by atoms with Crippen molar-refractivity contribution in [3.8, 4) is 5.69 Å². The molecule has 0 atom stereocenters. The molecule has 2 aromatic heterocycles. The molecule has 0 aliphatic heterocycles. The van der Waals surface area contributed by atoms with Crippen LogP contribution in [0.1, 0.15) is 37.6 Å². The third-order valence-corrected chi connectivity index (χ3v) is 5.72. The number of hydrogen-bond acceptors (Lipinski definition) is 4. The maximum atomic E-state index is 4.74. The van der Waals surface area contributed by atoms with E-state index < -0.39 is 0 Å². The van der Waals surface area contributed by atoms with Gasteiger partial charge in [-0.1, -0.05) is 32.9 Å². The summed E-state index contributed by atoms with van der Waals surface area (Å²) in [5.41, 5.74) is 5.64. The lowest BCUT2D eigenvalue weighted by molar-refractivity contribution is 0.590. The molecule has 2 aromatic carbocycles. The van der Waals surface area contributed by atoms with Crippen LogP contribution < -0.4 is 4.72 Å². The maximum Gasteiger partial charge on any atom is 0.140 e. The lowest BCUT2D eigenvalue weighted by atomic mass is 9.87. The zero-order valence-electron chi connectivity index (χ0n) is 17.5. The molecule has 2 heterocycles. The molecule has 0 bridgehead atoms. The number of nitrogens with one attached hydrogen (secondary N) is 1. The zero-order chi connectivity index (χ0) is 20.6. The third-order valence-electron chi connectivity index (χ3n) is 4.90. The first-order valence-corrected chi connectivity index (χ1v) is 10.6. The van der Waals surface area contributed by atoms with E-state index in [-0.39, 0.29) is 5.41 Å². The molecule has 0 saturated carbocycles. The van der Waals surface area contributed by atoms with Gasteiger partial charge in [0, 0.05) is 22.5 Å². The molecule has 0 fully saturated rings. The van der Waals surface area contributed by atoms with Crippen LogP contribution in [0.2, 0.25) is 0 Å². The number of nitrogens with zero attached hydrogens (tertiary/aromatic N) is 3. The number of aryl methyl sites for hydroxylation is 2. The van der Waals surface area contributed by atoms with Gasteiger partial charge in [0.1, 0.15) is 5.82 Å². The van der Waals surface area contributed by atoms with Crippen LogP contribution in [0.15, 0.2) is 65.7 Å². The van der Waals surface area contributed by atoms with Gasteiger partial charge in [-0.3, -0.25) is 4.98 Å². The van der Waals surface area contributed by atoms with Gasteiger partial charge in [-0.05, 0) is 78.7 Å². The second kappa shape index (κ2) is 7.56. The summed E-state index contributed by atoms with van der Waals surface area (Å²) in [5.74, 6) is 0.947. The maximum absolute atomic E-state index is 4.74. The fourth-order valence-corrected chi connectivity index (χ4v) is 4.01. The summed E-state index contributed by atoms with van der Waals surface area (Å²) in [7, 11) is 0. The number of hydrogen-bond donors (Lipinski definition) is 1. The average molecular weight is 403 g/mol. The normalized spacial score (nSPS) is 11.8. The molecular formula is C24H26N4S. The first kappa shape index (κ1) is 19.5. The Hall–Kier alpha value is -2.79. The van der Waals surface area contributed by atoms with E-state index in [4.69, 9.17) is 5.10 Å². The summed E-state index contributed by atoms with van der Waals surface area (Å²) in [6, 6.07) is 19.1. The van der Waals surface area contributed by atoms with E-state index in [0.29, 0.717) is 0 Å². The Bertz CT molecular complexity index is 1150. The van der Waals surface area contributed by atoms with Crippen molar-refractivity contribution in [3.63, 3.8) is 0 Å². The van der Waals surface area contributed by atoms with Gasteiger partial charge in [0.15, 0.2) is 0 Å². The van der Waals surface area contributed by atoms with Gasteiger partial charge in [-0.15, -0.1) is 0 Å². The molecule has 4 nitrogen and oxygen atoms in total. The molecule has 1 N–H and O–H groups in total. The highest BCUT2D eigenvalue weighted by Gasteiger charge is 2.14. The summed E-state index contributed by atoms with van der Waals surface area (Å²) in [6.45, 7) is 10.8. The summed E-state index contributed by atoms with van der Waals surface area (Å²) in [4.78, 5) is 5.69. The van der Waals surface area contributed by atoms with Gasteiger partial charge in [0.25, 0.3) is 0 Å². The monoisotopic (exact) mass is 402 g/mol. The average Bonchev–Trinajstić information content (AvgIpc) is 3.05. The number of rotatable bonds is 4. The smallest absolute Gasteiger partial charge is 0.140 e. The summed E-state index contributed by atoms with van der Waals surface area (Å²) < 4.78 is 5.46. The van der Waals surface area contributed by atoms with Crippen LogP contribution in [0.25, 0.3) is 16.6 Å². The lowest BCUT2D eigenvalue weighted by Crippen LogP contribution is -2.10. The van der Waals surface area contributed by atoms with Gasteiger partial charge in [-0.25, -0.2) is 4.68 Å². The Labute approximate surface area is 176 Å². The molecule has 4 rings (SSSR count). The van der Waals surface area contributed by atoms with Crippen molar-refractivity contribution in [2.75, 3.05) is 4.72 Å². The number of fused-ring (bicyclic) bond motifs is 1. The van der Waals surface area contributed by atoms with Crippen LogP contribution in [0.4, 0.5) is 5.82 Å². The molecule has 0 spiro atoms. The molecule has 0 radical (unpaired) electrons. The van der Waals surface area contributed by atoms with Crippen molar-refractivity contribution < 1.29 is 0 Å². The molecule has 0 amide bonds. The van der Waals surface area contributed by atoms with E-state index in [0.717, 1.165) is 33.7 Å². The standard InChI is InChI=1S/C24H26N4S/c1-16-13-21-20(7-6-12-25-21)22(14-16)28-23(15-17(2)26-28)27-29-19-10-8-18(9-11-19)24(3,4)5/h6-15,27H,1-5H3. The van der Waals surface area contributed by atoms with Crippen molar-refractivity contribution in [1.82, 2.24) is 14.8 Å². The predicted molar refractivity (Wildman–Crippen MR) is 123 cm³/mol. The van der Waals surface area contributed by atoms with Crippen molar-refractivity contribution in [3.05, 3.63) is 77.6 Å². The lowest BCUT2D eigenvalue weighted by Gasteiger charge is -2.19. The molecule has 0 aliphatic rings. The van der Waals surface area contributed by atoms with Crippen LogP contribution in [0.3, 0.4) is 0 Å². The predicted octanol–water partition coefficient (Wildman–Crippen LogP) is 6.45. The first-order valence-electron chi connectivity index (χ1n) is 9.77. The highest BCUT2D eigenvalue weighted by Crippen LogP contribution is 2.30. The minimum Gasteiger partial charge on any atom is -0.310 e. The van der Waals surface area contributed by atoms with Crippen molar-refractivity contribution in [2.45, 2.75) is 44.9 Å². The highest BCUT2D eigenvalue weighted by atomic mass is 32.2. The second-order valence-corrected chi connectivity index (χ2v) is 9.30. The Morgan fingerprint density at radius 2 is 1.72 bits per heavy atom. The molecule has 5 heteroatoms. The molecule has 148 valence electrons. The third kappa shape index (κ3) is 4.15. The molecule has 29 heavy (non-hydrogen) atoms. The second-order valence-electron chi connectivity index (χ2n) is 8.42. The highest BCUT2D eigenvalue weighted by molar-refractivity contribution is 8.00. The van der Waals surface area contributed by atoms with Crippen LogP contribution >= 0.6 is 11.9 Å². The van der Waals surface area contributed by atoms with Crippen LogP contribution in [-0.4, -0.2) is 14.8 Å². The number of anilines is 1. The number of benzene rings is 2. The number of pyridine rings is 1.